The van der Waals surface area contributed by atoms with Crippen molar-refractivity contribution in [2.75, 3.05) is 24.5 Å². The molecule has 0 bridgehead atoms. The van der Waals surface area contributed by atoms with Crippen molar-refractivity contribution in [3.63, 3.8) is 0 Å². The van der Waals surface area contributed by atoms with E-state index in [1.54, 1.807) is 6.92 Å². The minimum Gasteiger partial charge on any atom is -0.367 e. The Morgan fingerprint density at radius 2 is 2.11 bits per heavy atom. The molecule has 2 N–H and O–H groups in total. The van der Waals surface area contributed by atoms with Crippen LogP contribution in [0.3, 0.4) is 0 Å². The van der Waals surface area contributed by atoms with Crippen molar-refractivity contribution in [2.45, 2.75) is 38.1 Å². The fourth-order valence-electron chi connectivity index (χ4n) is 4.13. The summed E-state index contributed by atoms with van der Waals surface area (Å²) in [6, 6.07) is 1.45. The summed E-state index contributed by atoms with van der Waals surface area (Å²) in [4.78, 5) is 36.9. The van der Waals surface area contributed by atoms with Gasteiger partial charge in [0.1, 0.15) is 0 Å². The predicted octanol–water partition coefficient (Wildman–Crippen LogP) is 1.62. The van der Waals surface area contributed by atoms with Crippen LogP contribution in [0.15, 0.2) is 17.1 Å². The zero-order chi connectivity index (χ0) is 20.2. The number of anilines is 1. The number of hydrogen-bond acceptors (Lipinski definition) is 6. The molecule has 2 aromatic heterocycles. The van der Waals surface area contributed by atoms with Crippen molar-refractivity contribution in [2.24, 2.45) is 5.73 Å². The van der Waals surface area contributed by atoms with Gasteiger partial charge in [0.2, 0.25) is 5.78 Å². The van der Waals surface area contributed by atoms with Gasteiger partial charge < -0.3 is 10.6 Å². The Kier molecular flexibility index (Phi) is 4.41. The van der Waals surface area contributed by atoms with Crippen molar-refractivity contribution in [1.82, 2.24) is 4.40 Å². The molecular weight excluding hydrogens is 367 g/mol. The summed E-state index contributed by atoms with van der Waals surface area (Å²) in [5.74, 6) is -1.27. The second-order valence-electron chi connectivity index (χ2n) is 7.67. The minimum atomic E-state index is -0.962. The number of halogens is 1. The number of nitrogens with zero attached hydrogens (tertiary/aromatic N) is 3. The number of Topliss-reactive ketones (excluding diaryl/α,β-unsaturated/α-hetero) is 1. The summed E-state index contributed by atoms with van der Waals surface area (Å²) in [5, 5.41) is 10.7. The van der Waals surface area contributed by atoms with Crippen LogP contribution in [-0.2, 0) is 0 Å². The van der Waals surface area contributed by atoms with E-state index >= 15 is 0 Å². The maximum atomic E-state index is 15.0. The van der Waals surface area contributed by atoms with Crippen molar-refractivity contribution in [3.05, 3.63) is 55.2 Å². The van der Waals surface area contributed by atoms with E-state index in [1.165, 1.54) is 6.07 Å². The predicted molar refractivity (Wildman–Crippen MR) is 101 cm³/mol. The van der Waals surface area contributed by atoms with Gasteiger partial charge >= 0.3 is 0 Å². The van der Waals surface area contributed by atoms with E-state index in [0.717, 1.165) is 35.4 Å². The number of aryl methyl sites for hydroxylation is 1. The Morgan fingerprint density at radius 3 is 2.68 bits per heavy atom. The van der Waals surface area contributed by atoms with Crippen molar-refractivity contribution >= 4 is 17.0 Å². The number of rotatable bonds is 5. The van der Waals surface area contributed by atoms with Gasteiger partial charge in [0.15, 0.2) is 5.82 Å². The molecule has 1 aliphatic heterocycles. The van der Waals surface area contributed by atoms with Gasteiger partial charge in [0.05, 0.1) is 23.0 Å². The topological polar surface area (TPSA) is 111 Å². The molecule has 2 aliphatic rings. The minimum absolute atomic E-state index is 0.0257. The van der Waals surface area contributed by atoms with E-state index in [2.05, 4.69) is 0 Å². The second-order valence-corrected chi connectivity index (χ2v) is 7.67. The normalized spacial score (nSPS) is 19.4. The third-order valence-electron chi connectivity index (χ3n) is 5.57. The van der Waals surface area contributed by atoms with Gasteiger partial charge in [-0.25, -0.2) is 4.39 Å². The first-order chi connectivity index (χ1) is 13.3. The number of aromatic nitrogens is 1. The van der Waals surface area contributed by atoms with Crippen molar-refractivity contribution in [3.8, 4) is 0 Å². The van der Waals surface area contributed by atoms with Gasteiger partial charge in [-0.1, -0.05) is 0 Å². The van der Waals surface area contributed by atoms with E-state index < -0.39 is 28.6 Å². The van der Waals surface area contributed by atoms with Crippen LogP contribution in [0.5, 0.6) is 0 Å². The summed E-state index contributed by atoms with van der Waals surface area (Å²) >= 11 is 0. The molecule has 2 aromatic rings. The van der Waals surface area contributed by atoms with E-state index in [-0.39, 0.29) is 17.5 Å². The lowest BCUT2D eigenvalue weighted by Gasteiger charge is -2.24. The summed E-state index contributed by atoms with van der Waals surface area (Å²) in [5.41, 5.74) is 7.40. The summed E-state index contributed by atoms with van der Waals surface area (Å²) in [7, 11) is 0. The quantitative estimate of drug-likeness (QED) is 0.473. The number of fused-ring (bicyclic) bond motifs is 1. The Morgan fingerprint density at radius 1 is 1.39 bits per heavy atom. The number of ketones is 1. The highest BCUT2D eigenvalue weighted by Gasteiger charge is 2.32. The maximum Gasteiger partial charge on any atom is 0.266 e. The van der Waals surface area contributed by atoms with E-state index in [1.807, 2.05) is 4.90 Å². The maximum absolute atomic E-state index is 15.0. The van der Waals surface area contributed by atoms with Crippen molar-refractivity contribution in [1.29, 1.82) is 0 Å². The largest absolute Gasteiger partial charge is 0.367 e. The Hall–Kier alpha value is -2.81. The van der Waals surface area contributed by atoms with E-state index in [4.69, 9.17) is 5.73 Å². The molecule has 0 spiro atoms. The van der Waals surface area contributed by atoms with E-state index in [0.29, 0.717) is 29.9 Å². The molecule has 1 aliphatic carbocycles. The highest BCUT2D eigenvalue weighted by molar-refractivity contribution is 5.97. The van der Waals surface area contributed by atoms with Gasteiger partial charge in [-0.05, 0) is 49.3 Å². The standard InChI is InChI=1S/C19H21FN4O4/c1-10-17-13(11-2-3-11)6-14(16(25)9-24(27)28)19(26)23(17)8-15(20)18(10)22-5-4-12(21)7-22/h6,8,11-12H,2-5,7,9,21H2,1H3/t12-/m0/s1. The molecule has 1 saturated heterocycles. The third kappa shape index (κ3) is 3.05. The Labute approximate surface area is 159 Å². The first kappa shape index (κ1) is 18.5. The molecule has 0 aromatic carbocycles. The average molecular weight is 388 g/mol. The fraction of sp³-hybridized carbons (Fsp3) is 0.474. The smallest absolute Gasteiger partial charge is 0.266 e. The Bertz CT molecular complexity index is 1060. The van der Waals surface area contributed by atoms with Gasteiger partial charge in [-0.3, -0.25) is 24.1 Å². The lowest BCUT2D eigenvalue weighted by atomic mass is 10.0. The van der Waals surface area contributed by atoms with Gasteiger partial charge in [-0.2, -0.15) is 0 Å². The molecular formula is C19H21FN4O4. The molecule has 1 saturated carbocycles. The number of carbonyl (C=O) groups excluding carboxylic acids is 1. The molecule has 148 valence electrons. The van der Waals surface area contributed by atoms with Crippen LogP contribution in [0.25, 0.3) is 5.52 Å². The van der Waals surface area contributed by atoms with E-state index in [9.17, 15) is 24.1 Å². The van der Waals surface area contributed by atoms with Crippen LogP contribution < -0.4 is 16.2 Å². The molecule has 8 nitrogen and oxygen atoms in total. The van der Waals surface area contributed by atoms with Gasteiger partial charge in [-0.15, -0.1) is 0 Å². The lowest BCUT2D eigenvalue weighted by molar-refractivity contribution is -0.465. The summed E-state index contributed by atoms with van der Waals surface area (Å²) in [6.45, 7) is 1.98. The number of pyridine rings is 2. The third-order valence-corrected chi connectivity index (χ3v) is 5.57. The zero-order valence-electron chi connectivity index (χ0n) is 15.5. The van der Waals surface area contributed by atoms with Crippen LogP contribution in [0.1, 0.15) is 46.7 Å². The van der Waals surface area contributed by atoms with Gasteiger partial charge in [0.25, 0.3) is 12.1 Å². The van der Waals surface area contributed by atoms with Crippen LogP contribution in [-0.4, -0.2) is 40.8 Å². The highest BCUT2D eigenvalue weighted by Crippen LogP contribution is 2.44. The molecule has 9 heteroatoms. The first-order valence-electron chi connectivity index (χ1n) is 9.31. The highest BCUT2D eigenvalue weighted by atomic mass is 19.1. The molecule has 0 radical (unpaired) electrons. The first-order valence-corrected chi connectivity index (χ1v) is 9.31. The molecule has 28 heavy (non-hydrogen) atoms. The molecule has 1 atom stereocenters. The second kappa shape index (κ2) is 6.66. The van der Waals surface area contributed by atoms with Crippen LogP contribution in [0.4, 0.5) is 10.1 Å². The van der Waals surface area contributed by atoms with Crippen LogP contribution in [0.2, 0.25) is 0 Å². The lowest BCUT2D eigenvalue weighted by Crippen LogP contribution is -2.30. The number of carbonyl (C=O) groups is 1. The van der Waals surface area contributed by atoms with Gasteiger partial charge in [0, 0.05) is 24.1 Å². The fourth-order valence-corrected chi connectivity index (χ4v) is 4.13. The number of nitro groups is 1. The molecule has 0 amide bonds. The molecule has 2 fully saturated rings. The average Bonchev–Trinajstić information content (AvgIpc) is 3.37. The number of nitrogens with two attached hydrogens (primary N) is 1. The molecule has 4 rings (SSSR count). The Balaban J connectivity index is 1.95. The SMILES string of the molecule is Cc1c(N2CC[C@H](N)C2)c(F)cn2c(=O)c(C(=O)C[N+](=O)[O-])cc(C3CC3)c12. The van der Waals surface area contributed by atoms with Crippen LogP contribution in [0, 0.1) is 22.9 Å². The monoisotopic (exact) mass is 388 g/mol. The zero-order valence-corrected chi connectivity index (χ0v) is 15.5. The molecule has 3 heterocycles. The van der Waals surface area contributed by atoms with Crippen molar-refractivity contribution < 1.29 is 14.1 Å². The summed E-state index contributed by atoms with van der Waals surface area (Å²) in [6.07, 6.45) is 3.66. The van der Waals surface area contributed by atoms with Crippen LogP contribution >= 0.6 is 0 Å². The molecule has 0 unspecified atom stereocenters. The number of hydrogen-bond donors (Lipinski definition) is 1. The summed E-state index contributed by atoms with van der Waals surface area (Å²) < 4.78 is 16.1.